The minimum absolute atomic E-state index is 0.0340. The average Bonchev–Trinajstić information content (AvgIpc) is 3.21. The second-order valence-corrected chi connectivity index (χ2v) is 9.14. The van der Waals surface area contributed by atoms with Gasteiger partial charge in [0.15, 0.2) is 5.82 Å². The van der Waals surface area contributed by atoms with Crippen LogP contribution in [0.2, 0.25) is 5.02 Å². The molecule has 0 bridgehead atoms. The average molecular weight is 443 g/mol. The summed E-state index contributed by atoms with van der Waals surface area (Å²) < 4.78 is 0. The smallest absolute Gasteiger partial charge is 0.228 e. The first-order chi connectivity index (χ1) is 14.9. The second kappa shape index (κ2) is 9.51. The van der Waals surface area contributed by atoms with E-state index in [1.807, 2.05) is 61.3 Å². The van der Waals surface area contributed by atoms with Gasteiger partial charge in [-0.3, -0.25) is 9.69 Å². The lowest BCUT2D eigenvalue weighted by Gasteiger charge is -2.41. The fourth-order valence-corrected chi connectivity index (χ4v) is 4.52. The molecule has 2 fully saturated rings. The number of anilines is 1. The van der Waals surface area contributed by atoms with Crippen molar-refractivity contribution >= 4 is 23.3 Å². The molecule has 2 aliphatic heterocycles. The Morgan fingerprint density at radius 1 is 1.23 bits per heavy atom. The summed E-state index contributed by atoms with van der Waals surface area (Å²) in [7, 11) is 5.88. The number of amides is 1. The van der Waals surface area contributed by atoms with E-state index in [1.54, 1.807) is 0 Å². The van der Waals surface area contributed by atoms with Crippen molar-refractivity contribution < 1.29 is 4.79 Å². The van der Waals surface area contributed by atoms with Gasteiger partial charge in [-0.05, 0) is 37.6 Å². The van der Waals surface area contributed by atoms with Crippen LogP contribution in [0.5, 0.6) is 0 Å². The van der Waals surface area contributed by atoms with Gasteiger partial charge in [0.25, 0.3) is 0 Å². The summed E-state index contributed by atoms with van der Waals surface area (Å²) in [6.07, 6.45) is 1.91. The highest BCUT2D eigenvalue weighted by atomic mass is 35.5. The summed E-state index contributed by atoms with van der Waals surface area (Å²) in [5, 5.41) is 3.91. The summed E-state index contributed by atoms with van der Waals surface area (Å²) in [5.74, 6) is 1.94. The van der Waals surface area contributed by atoms with Crippen molar-refractivity contribution in [3.63, 3.8) is 0 Å². The zero-order valence-electron chi connectivity index (χ0n) is 18.5. The van der Waals surface area contributed by atoms with Crippen LogP contribution in [0.25, 0.3) is 0 Å². The van der Waals surface area contributed by atoms with E-state index >= 15 is 0 Å². The molecule has 4 rings (SSSR count). The molecule has 1 aromatic carbocycles. The largest absolute Gasteiger partial charge is 0.363 e. The number of nitrogens with zero attached hydrogens (tertiary/aromatic N) is 5. The van der Waals surface area contributed by atoms with Gasteiger partial charge in [0.1, 0.15) is 5.82 Å². The molecule has 3 heterocycles. The zero-order chi connectivity index (χ0) is 22.0. The number of benzene rings is 1. The van der Waals surface area contributed by atoms with Crippen LogP contribution >= 0.6 is 11.6 Å². The molecule has 31 heavy (non-hydrogen) atoms. The summed E-state index contributed by atoms with van der Waals surface area (Å²) >= 11 is 5.97. The summed E-state index contributed by atoms with van der Waals surface area (Å²) in [4.78, 5) is 29.2. The molecule has 0 aliphatic carbocycles. The van der Waals surface area contributed by atoms with Crippen molar-refractivity contribution in [2.24, 2.45) is 5.92 Å². The molecule has 2 aromatic rings. The maximum Gasteiger partial charge on any atom is 0.228 e. The van der Waals surface area contributed by atoms with Gasteiger partial charge in [-0.25, -0.2) is 9.97 Å². The predicted octanol–water partition coefficient (Wildman–Crippen LogP) is 2.71. The fourth-order valence-electron chi connectivity index (χ4n) is 4.39. The van der Waals surface area contributed by atoms with E-state index in [1.165, 1.54) is 5.56 Å². The third kappa shape index (κ3) is 5.00. The minimum atomic E-state index is -0.0340. The Morgan fingerprint density at radius 3 is 2.65 bits per heavy atom. The Bertz CT molecular complexity index is 913. The van der Waals surface area contributed by atoms with Crippen molar-refractivity contribution in [1.29, 1.82) is 0 Å². The van der Waals surface area contributed by atoms with Crippen LogP contribution < -0.4 is 10.2 Å². The van der Waals surface area contributed by atoms with Crippen LogP contribution in [0, 0.1) is 5.92 Å². The third-order valence-electron chi connectivity index (χ3n) is 6.06. The molecular formula is C23H31ClN6O. The Labute approximate surface area is 189 Å². The second-order valence-electron chi connectivity index (χ2n) is 8.71. The highest BCUT2D eigenvalue weighted by molar-refractivity contribution is 6.30. The Balaban J connectivity index is 1.42. The molecule has 1 N–H and O–H groups in total. The van der Waals surface area contributed by atoms with Crippen LogP contribution in [-0.2, 0) is 17.9 Å². The molecule has 0 spiro atoms. The van der Waals surface area contributed by atoms with E-state index in [0.29, 0.717) is 6.54 Å². The molecule has 0 unspecified atom stereocenters. The van der Waals surface area contributed by atoms with Crippen LogP contribution in [-0.4, -0.2) is 66.5 Å². The minimum Gasteiger partial charge on any atom is -0.363 e. The van der Waals surface area contributed by atoms with Crippen molar-refractivity contribution in [3.8, 4) is 0 Å². The van der Waals surface area contributed by atoms with Gasteiger partial charge in [-0.1, -0.05) is 23.7 Å². The van der Waals surface area contributed by atoms with Gasteiger partial charge < -0.3 is 15.1 Å². The number of nitrogens with one attached hydrogen (secondary N) is 1. The predicted molar refractivity (Wildman–Crippen MR) is 123 cm³/mol. The number of rotatable bonds is 7. The quantitative estimate of drug-likeness (QED) is 0.711. The monoisotopic (exact) mass is 442 g/mol. The first-order valence-electron chi connectivity index (χ1n) is 10.9. The Morgan fingerprint density at radius 2 is 1.97 bits per heavy atom. The molecule has 7 nitrogen and oxygen atoms in total. The first-order valence-corrected chi connectivity index (χ1v) is 11.3. The van der Waals surface area contributed by atoms with Crippen LogP contribution in [0.4, 0.5) is 5.82 Å². The number of likely N-dealkylation sites (tertiary alicyclic amines) is 2. The van der Waals surface area contributed by atoms with Crippen molar-refractivity contribution in [2.75, 3.05) is 45.7 Å². The highest BCUT2D eigenvalue weighted by Gasteiger charge is 2.40. The lowest BCUT2D eigenvalue weighted by Crippen LogP contribution is -2.53. The molecule has 0 radical (unpaired) electrons. The van der Waals surface area contributed by atoms with Crippen LogP contribution in [0.3, 0.4) is 0 Å². The Hall–Kier alpha value is -2.22. The van der Waals surface area contributed by atoms with E-state index in [4.69, 9.17) is 21.6 Å². The van der Waals surface area contributed by atoms with Gasteiger partial charge >= 0.3 is 0 Å². The number of hydrogen-bond acceptors (Lipinski definition) is 6. The van der Waals surface area contributed by atoms with Crippen molar-refractivity contribution in [2.45, 2.75) is 32.0 Å². The number of aromatic nitrogens is 2. The maximum absolute atomic E-state index is 13.3. The first kappa shape index (κ1) is 22.0. The van der Waals surface area contributed by atoms with E-state index < -0.39 is 0 Å². The van der Waals surface area contributed by atoms with Crippen LogP contribution in [0.1, 0.15) is 36.0 Å². The number of hydrogen-bond donors (Lipinski definition) is 1. The van der Waals surface area contributed by atoms with E-state index in [9.17, 15) is 4.79 Å². The molecule has 166 valence electrons. The molecular weight excluding hydrogens is 412 g/mol. The van der Waals surface area contributed by atoms with Gasteiger partial charge in [0.2, 0.25) is 5.91 Å². The van der Waals surface area contributed by atoms with Gasteiger partial charge in [0, 0.05) is 57.9 Å². The van der Waals surface area contributed by atoms with Crippen molar-refractivity contribution in [3.05, 3.63) is 52.4 Å². The SMILES string of the molecule is CNCc1cc(N(C)C)nc([C@H]2CCCN2C(=O)C2CN(Cc3ccc(Cl)cc3)C2)n1. The molecule has 1 atom stereocenters. The fraction of sp³-hybridized carbons (Fsp3) is 0.522. The van der Waals surface area contributed by atoms with E-state index in [-0.39, 0.29) is 17.9 Å². The summed E-state index contributed by atoms with van der Waals surface area (Å²) in [6, 6.07) is 9.89. The van der Waals surface area contributed by atoms with Gasteiger partial charge in [-0.2, -0.15) is 0 Å². The summed E-state index contributed by atoms with van der Waals surface area (Å²) in [5.41, 5.74) is 2.17. The number of halogens is 1. The van der Waals surface area contributed by atoms with Gasteiger partial charge in [-0.15, -0.1) is 0 Å². The van der Waals surface area contributed by atoms with Crippen LogP contribution in [0.15, 0.2) is 30.3 Å². The summed E-state index contributed by atoms with van der Waals surface area (Å²) in [6.45, 7) is 3.92. The normalized spacial score (nSPS) is 19.5. The lowest BCUT2D eigenvalue weighted by molar-refractivity contribution is -0.142. The number of carbonyl (C=O) groups excluding carboxylic acids is 1. The van der Waals surface area contributed by atoms with E-state index in [0.717, 1.165) is 61.4 Å². The lowest BCUT2D eigenvalue weighted by atomic mass is 9.97. The molecule has 1 amide bonds. The topological polar surface area (TPSA) is 64.6 Å². The standard InChI is InChI=1S/C23H31ClN6O/c1-25-12-19-11-21(28(2)3)27-22(26-19)20-5-4-10-30(20)23(31)17-14-29(15-17)13-16-6-8-18(24)9-7-16/h6-9,11,17,20,25H,4-5,10,12-15H2,1-3H3/t20-/m1/s1. The van der Waals surface area contributed by atoms with E-state index in [2.05, 4.69) is 10.2 Å². The highest BCUT2D eigenvalue weighted by Crippen LogP contribution is 2.34. The van der Waals surface area contributed by atoms with Gasteiger partial charge in [0.05, 0.1) is 17.7 Å². The third-order valence-corrected chi connectivity index (χ3v) is 6.31. The van der Waals surface area contributed by atoms with Crippen molar-refractivity contribution in [1.82, 2.24) is 25.1 Å². The maximum atomic E-state index is 13.3. The molecule has 2 aliphatic rings. The Kier molecular flexibility index (Phi) is 6.74. The zero-order valence-corrected chi connectivity index (χ0v) is 19.3. The number of carbonyl (C=O) groups is 1. The molecule has 1 aromatic heterocycles. The molecule has 0 saturated carbocycles. The molecule has 8 heteroatoms. The molecule has 2 saturated heterocycles.